The van der Waals surface area contributed by atoms with Crippen molar-refractivity contribution in [3.63, 3.8) is 0 Å². The van der Waals surface area contributed by atoms with Gasteiger partial charge in [0, 0.05) is 12.6 Å². The van der Waals surface area contributed by atoms with E-state index in [1.54, 1.807) is 6.92 Å². The molecule has 1 unspecified atom stereocenters. The predicted octanol–water partition coefficient (Wildman–Crippen LogP) is 1.46. The van der Waals surface area contributed by atoms with Gasteiger partial charge in [-0.2, -0.15) is 0 Å². The minimum Gasteiger partial charge on any atom is -0.481 e. The number of ether oxygens (including phenoxy) is 1. The van der Waals surface area contributed by atoms with E-state index in [1.165, 1.54) is 24.3 Å². The van der Waals surface area contributed by atoms with Gasteiger partial charge in [0.05, 0.1) is 0 Å². The molecule has 1 amide bonds. The molecule has 0 aromatic heterocycles. The molecule has 0 bridgehead atoms. The summed E-state index contributed by atoms with van der Waals surface area (Å²) in [5.74, 6) is 0.0292. The van der Waals surface area contributed by atoms with Crippen LogP contribution < -0.4 is 15.4 Å². The van der Waals surface area contributed by atoms with Crippen LogP contribution in [0.1, 0.15) is 19.8 Å². The van der Waals surface area contributed by atoms with E-state index in [1.807, 2.05) is 0 Å². The Morgan fingerprint density at radius 3 is 2.84 bits per heavy atom. The summed E-state index contributed by atoms with van der Waals surface area (Å²) in [7, 11) is 0. The number of piperidine rings is 1. The number of amides is 1. The summed E-state index contributed by atoms with van der Waals surface area (Å²) >= 11 is 0. The maximum atomic E-state index is 12.7. The molecule has 1 aromatic carbocycles. The molecular formula is C14H19FN2O2. The van der Waals surface area contributed by atoms with Crippen molar-refractivity contribution < 1.29 is 13.9 Å². The Morgan fingerprint density at radius 1 is 1.47 bits per heavy atom. The van der Waals surface area contributed by atoms with Gasteiger partial charge >= 0.3 is 0 Å². The van der Waals surface area contributed by atoms with E-state index in [-0.39, 0.29) is 17.8 Å². The van der Waals surface area contributed by atoms with Crippen LogP contribution in [-0.2, 0) is 4.79 Å². The third-order valence-corrected chi connectivity index (χ3v) is 3.14. The first-order valence-electron chi connectivity index (χ1n) is 6.58. The Bertz CT molecular complexity index is 416. The van der Waals surface area contributed by atoms with Crippen LogP contribution in [0, 0.1) is 5.82 Å². The van der Waals surface area contributed by atoms with Gasteiger partial charge in [-0.15, -0.1) is 0 Å². The molecule has 19 heavy (non-hydrogen) atoms. The molecule has 0 radical (unpaired) electrons. The smallest absolute Gasteiger partial charge is 0.261 e. The number of nitrogens with one attached hydrogen (secondary N) is 2. The standard InChI is InChI=1S/C14H19FN2O2/c1-10(19-13-6-4-11(15)5-7-13)14(18)17-12-3-2-8-16-9-12/h4-7,10,12,16H,2-3,8-9H2,1H3,(H,17,18)/t10?,12-/m0/s1. The molecule has 1 fully saturated rings. The Hall–Kier alpha value is -1.62. The van der Waals surface area contributed by atoms with E-state index in [2.05, 4.69) is 10.6 Å². The van der Waals surface area contributed by atoms with Gasteiger partial charge in [0.2, 0.25) is 0 Å². The van der Waals surface area contributed by atoms with E-state index in [0.717, 1.165) is 25.9 Å². The quantitative estimate of drug-likeness (QED) is 0.867. The summed E-state index contributed by atoms with van der Waals surface area (Å²) < 4.78 is 18.2. The zero-order valence-electron chi connectivity index (χ0n) is 11.0. The van der Waals surface area contributed by atoms with Crippen LogP contribution in [0.25, 0.3) is 0 Å². The first-order chi connectivity index (χ1) is 9.15. The van der Waals surface area contributed by atoms with Crippen molar-refractivity contribution in [1.82, 2.24) is 10.6 Å². The first kappa shape index (κ1) is 13.8. The number of rotatable bonds is 4. The van der Waals surface area contributed by atoms with E-state index < -0.39 is 6.10 Å². The van der Waals surface area contributed by atoms with Crippen LogP contribution in [0.3, 0.4) is 0 Å². The zero-order valence-corrected chi connectivity index (χ0v) is 11.0. The van der Waals surface area contributed by atoms with Crippen molar-refractivity contribution >= 4 is 5.91 Å². The lowest BCUT2D eigenvalue weighted by Gasteiger charge is -2.25. The summed E-state index contributed by atoms with van der Waals surface area (Å²) in [6.45, 7) is 3.50. The molecule has 5 heteroatoms. The molecule has 1 aliphatic rings. The van der Waals surface area contributed by atoms with Gasteiger partial charge in [-0.1, -0.05) is 0 Å². The number of carbonyl (C=O) groups excluding carboxylic acids is 1. The van der Waals surface area contributed by atoms with Crippen LogP contribution >= 0.6 is 0 Å². The number of hydrogen-bond donors (Lipinski definition) is 2. The van der Waals surface area contributed by atoms with Crippen molar-refractivity contribution in [2.24, 2.45) is 0 Å². The Kier molecular flexibility index (Phi) is 4.74. The van der Waals surface area contributed by atoms with E-state index in [9.17, 15) is 9.18 Å². The lowest BCUT2D eigenvalue weighted by molar-refractivity contribution is -0.128. The second kappa shape index (κ2) is 6.52. The molecular weight excluding hydrogens is 247 g/mol. The van der Waals surface area contributed by atoms with E-state index in [0.29, 0.717) is 5.75 Å². The van der Waals surface area contributed by atoms with Gasteiger partial charge in [0.1, 0.15) is 11.6 Å². The second-order valence-corrected chi connectivity index (χ2v) is 4.77. The highest BCUT2D eigenvalue weighted by molar-refractivity contribution is 5.81. The fourth-order valence-electron chi connectivity index (χ4n) is 2.06. The molecule has 2 rings (SSSR count). The zero-order chi connectivity index (χ0) is 13.7. The van der Waals surface area contributed by atoms with Crippen LogP contribution in [0.2, 0.25) is 0 Å². The van der Waals surface area contributed by atoms with Crippen molar-refractivity contribution in [1.29, 1.82) is 0 Å². The second-order valence-electron chi connectivity index (χ2n) is 4.77. The summed E-state index contributed by atoms with van der Waals surface area (Å²) in [5, 5.41) is 6.19. The highest BCUT2D eigenvalue weighted by Crippen LogP contribution is 2.13. The molecule has 2 atom stereocenters. The molecule has 0 spiro atoms. The summed E-state index contributed by atoms with van der Waals surface area (Å²) in [6.07, 6.45) is 1.47. The summed E-state index contributed by atoms with van der Waals surface area (Å²) in [5.41, 5.74) is 0. The summed E-state index contributed by atoms with van der Waals surface area (Å²) in [4.78, 5) is 11.9. The molecule has 104 valence electrons. The molecule has 4 nitrogen and oxygen atoms in total. The maximum Gasteiger partial charge on any atom is 0.261 e. The highest BCUT2D eigenvalue weighted by atomic mass is 19.1. The van der Waals surface area contributed by atoms with Gasteiger partial charge in [0.15, 0.2) is 6.10 Å². The van der Waals surface area contributed by atoms with Crippen LogP contribution in [0.5, 0.6) is 5.75 Å². The van der Waals surface area contributed by atoms with Crippen LogP contribution in [0.4, 0.5) is 4.39 Å². The Balaban J connectivity index is 1.83. The van der Waals surface area contributed by atoms with Gasteiger partial charge in [-0.25, -0.2) is 4.39 Å². The average Bonchev–Trinajstić information content (AvgIpc) is 2.42. The highest BCUT2D eigenvalue weighted by Gasteiger charge is 2.20. The van der Waals surface area contributed by atoms with E-state index >= 15 is 0 Å². The van der Waals surface area contributed by atoms with Crippen LogP contribution in [-0.4, -0.2) is 31.1 Å². The molecule has 0 aliphatic carbocycles. The third kappa shape index (κ3) is 4.21. The lowest BCUT2D eigenvalue weighted by Crippen LogP contribution is -2.49. The molecule has 1 heterocycles. The number of hydrogen-bond acceptors (Lipinski definition) is 3. The fourth-order valence-corrected chi connectivity index (χ4v) is 2.06. The monoisotopic (exact) mass is 266 g/mol. The molecule has 2 N–H and O–H groups in total. The van der Waals surface area contributed by atoms with Gasteiger partial charge in [0.25, 0.3) is 5.91 Å². The number of halogens is 1. The molecule has 1 saturated heterocycles. The van der Waals surface area contributed by atoms with Gasteiger partial charge < -0.3 is 15.4 Å². The summed E-state index contributed by atoms with van der Waals surface area (Å²) in [6, 6.07) is 5.82. The third-order valence-electron chi connectivity index (χ3n) is 3.14. The van der Waals surface area contributed by atoms with Crippen molar-refractivity contribution in [2.75, 3.05) is 13.1 Å². The molecule has 1 aliphatic heterocycles. The van der Waals surface area contributed by atoms with Crippen molar-refractivity contribution in [3.05, 3.63) is 30.1 Å². The average molecular weight is 266 g/mol. The SMILES string of the molecule is CC(Oc1ccc(F)cc1)C(=O)N[C@H]1CCCNC1. The Morgan fingerprint density at radius 2 is 2.21 bits per heavy atom. The maximum absolute atomic E-state index is 12.7. The Labute approximate surface area is 112 Å². The lowest BCUT2D eigenvalue weighted by atomic mass is 10.1. The molecule has 1 aromatic rings. The van der Waals surface area contributed by atoms with E-state index in [4.69, 9.17) is 4.74 Å². The predicted molar refractivity (Wildman–Crippen MR) is 70.5 cm³/mol. The number of carbonyl (C=O) groups is 1. The number of benzene rings is 1. The minimum atomic E-state index is -0.590. The fraction of sp³-hybridized carbons (Fsp3) is 0.500. The topological polar surface area (TPSA) is 50.4 Å². The minimum absolute atomic E-state index is 0.141. The van der Waals surface area contributed by atoms with Crippen molar-refractivity contribution in [3.8, 4) is 5.75 Å². The largest absolute Gasteiger partial charge is 0.481 e. The first-order valence-corrected chi connectivity index (χ1v) is 6.58. The van der Waals surface area contributed by atoms with Gasteiger partial charge in [-0.05, 0) is 50.6 Å². The molecule has 0 saturated carbocycles. The normalized spacial score (nSPS) is 20.6. The van der Waals surface area contributed by atoms with Crippen LogP contribution in [0.15, 0.2) is 24.3 Å². The van der Waals surface area contributed by atoms with Crippen molar-refractivity contribution in [2.45, 2.75) is 31.9 Å². The van der Waals surface area contributed by atoms with Gasteiger partial charge in [-0.3, -0.25) is 4.79 Å².